The molecule has 3 rings (SSSR count). The van der Waals surface area contributed by atoms with Crippen LogP contribution in [0.1, 0.15) is 35.7 Å². The molecule has 0 saturated carbocycles. The first-order valence-electron chi connectivity index (χ1n) is 7.29. The maximum absolute atomic E-state index is 11.5. The number of aromatic nitrogens is 2. The van der Waals surface area contributed by atoms with Crippen LogP contribution >= 0.6 is 0 Å². The Morgan fingerprint density at radius 2 is 2.24 bits per heavy atom. The van der Waals surface area contributed by atoms with Crippen molar-refractivity contribution in [3.8, 4) is 0 Å². The fourth-order valence-corrected chi connectivity index (χ4v) is 2.89. The van der Waals surface area contributed by atoms with Gasteiger partial charge in [-0.1, -0.05) is 36.9 Å². The third kappa shape index (κ3) is 2.89. The number of carbonyl (C=O) groups excluding carboxylic acids is 1. The van der Waals surface area contributed by atoms with E-state index in [-0.39, 0.29) is 11.9 Å². The van der Waals surface area contributed by atoms with Gasteiger partial charge in [-0.25, -0.2) is 0 Å². The Kier molecular flexibility index (Phi) is 3.86. The van der Waals surface area contributed by atoms with Crippen LogP contribution in [0.15, 0.2) is 49.2 Å². The van der Waals surface area contributed by atoms with Crippen molar-refractivity contribution in [2.75, 3.05) is 0 Å². The van der Waals surface area contributed by atoms with Gasteiger partial charge in [0.15, 0.2) is 0 Å². The molecule has 1 heterocycles. The summed E-state index contributed by atoms with van der Waals surface area (Å²) in [4.78, 5) is 11.5. The summed E-state index contributed by atoms with van der Waals surface area (Å²) in [6, 6.07) is 10.4. The summed E-state index contributed by atoms with van der Waals surface area (Å²) in [5.41, 5.74) is 3.62. The minimum Gasteiger partial charge on any atom is -0.346 e. The van der Waals surface area contributed by atoms with Gasteiger partial charge in [-0.2, -0.15) is 5.10 Å². The minimum atomic E-state index is -0.122. The van der Waals surface area contributed by atoms with Gasteiger partial charge in [0.2, 0.25) is 5.91 Å². The molecule has 0 fully saturated rings. The van der Waals surface area contributed by atoms with E-state index in [0.29, 0.717) is 0 Å². The van der Waals surface area contributed by atoms with E-state index < -0.39 is 0 Å². The Labute approximate surface area is 124 Å². The van der Waals surface area contributed by atoms with Crippen LogP contribution in [0.2, 0.25) is 0 Å². The molecule has 1 aromatic heterocycles. The largest absolute Gasteiger partial charge is 0.346 e. The summed E-state index contributed by atoms with van der Waals surface area (Å²) in [6.07, 6.45) is 6.26. The fraction of sp³-hybridized carbons (Fsp3) is 0.294. The number of rotatable bonds is 4. The van der Waals surface area contributed by atoms with Crippen LogP contribution in [0.25, 0.3) is 0 Å². The van der Waals surface area contributed by atoms with Gasteiger partial charge in [-0.15, -0.1) is 0 Å². The summed E-state index contributed by atoms with van der Waals surface area (Å²) >= 11 is 0. The Morgan fingerprint density at radius 3 is 3.00 bits per heavy atom. The standard InChI is InChI=1S/C17H19N3O/c1-2-17(21)19-15-9-6-10-16-14(15)11-18-20(16)12-13-7-4-3-5-8-13/h2-5,7-8,11,15H,1,6,9-10,12H2,(H,19,21)/t15-/m0/s1. The Morgan fingerprint density at radius 1 is 1.43 bits per heavy atom. The van der Waals surface area contributed by atoms with Gasteiger partial charge in [0.1, 0.15) is 0 Å². The van der Waals surface area contributed by atoms with E-state index in [2.05, 4.69) is 33.8 Å². The molecule has 0 bridgehead atoms. The van der Waals surface area contributed by atoms with Crippen LogP contribution in [0.5, 0.6) is 0 Å². The molecular weight excluding hydrogens is 262 g/mol. The third-order valence-electron chi connectivity index (χ3n) is 3.94. The molecule has 4 heteroatoms. The maximum Gasteiger partial charge on any atom is 0.243 e. The number of benzene rings is 1. The van der Waals surface area contributed by atoms with Crippen LogP contribution in [0.3, 0.4) is 0 Å². The summed E-state index contributed by atoms with van der Waals surface area (Å²) < 4.78 is 2.05. The number of amides is 1. The molecule has 0 radical (unpaired) electrons. The number of nitrogens with one attached hydrogen (secondary N) is 1. The summed E-state index contributed by atoms with van der Waals surface area (Å²) in [6.45, 7) is 4.29. The Hall–Kier alpha value is -2.36. The lowest BCUT2D eigenvalue weighted by atomic mass is 9.93. The smallest absolute Gasteiger partial charge is 0.243 e. The number of carbonyl (C=O) groups is 1. The third-order valence-corrected chi connectivity index (χ3v) is 3.94. The lowest BCUT2D eigenvalue weighted by Crippen LogP contribution is -2.29. The molecule has 1 N–H and O–H groups in total. The van der Waals surface area contributed by atoms with Crippen molar-refractivity contribution in [3.05, 3.63) is 66.0 Å². The molecular formula is C17H19N3O. The van der Waals surface area contributed by atoms with Crippen LogP contribution < -0.4 is 5.32 Å². The van der Waals surface area contributed by atoms with Gasteiger partial charge < -0.3 is 5.32 Å². The monoisotopic (exact) mass is 281 g/mol. The number of hydrogen-bond donors (Lipinski definition) is 1. The second-order valence-electron chi connectivity index (χ2n) is 5.35. The molecule has 2 aromatic rings. The summed E-state index contributed by atoms with van der Waals surface area (Å²) in [5, 5.41) is 7.51. The number of nitrogens with zero attached hydrogens (tertiary/aromatic N) is 2. The lowest BCUT2D eigenvalue weighted by molar-refractivity contribution is -0.117. The molecule has 4 nitrogen and oxygen atoms in total. The number of hydrogen-bond acceptors (Lipinski definition) is 2. The highest BCUT2D eigenvalue weighted by molar-refractivity contribution is 5.87. The van der Waals surface area contributed by atoms with Crippen molar-refractivity contribution in [1.29, 1.82) is 0 Å². The van der Waals surface area contributed by atoms with E-state index >= 15 is 0 Å². The molecule has 1 aromatic carbocycles. The van der Waals surface area contributed by atoms with Gasteiger partial charge in [0, 0.05) is 11.3 Å². The van der Waals surface area contributed by atoms with Gasteiger partial charge in [0.25, 0.3) is 0 Å². The summed E-state index contributed by atoms with van der Waals surface area (Å²) in [5.74, 6) is -0.122. The zero-order valence-electron chi connectivity index (χ0n) is 12.0. The van der Waals surface area contributed by atoms with Crippen molar-refractivity contribution in [3.63, 3.8) is 0 Å². The average molecular weight is 281 g/mol. The predicted octanol–water partition coefficient (Wildman–Crippen LogP) is 2.61. The molecule has 0 spiro atoms. The van der Waals surface area contributed by atoms with Crippen LogP contribution in [0.4, 0.5) is 0 Å². The van der Waals surface area contributed by atoms with Crippen LogP contribution in [-0.2, 0) is 17.8 Å². The van der Waals surface area contributed by atoms with Gasteiger partial charge in [0.05, 0.1) is 18.8 Å². The second-order valence-corrected chi connectivity index (χ2v) is 5.35. The SMILES string of the molecule is C=CC(=O)N[C@H]1CCCc2c1cnn2Cc1ccccc1. The average Bonchev–Trinajstić information content (AvgIpc) is 2.92. The van der Waals surface area contributed by atoms with E-state index in [9.17, 15) is 4.79 Å². The molecule has 0 saturated heterocycles. The van der Waals surface area contributed by atoms with Crippen LogP contribution in [-0.4, -0.2) is 15.7 Å². The summed E-state index contributed by atoms with van der Waals surface area (Å²) in [7, 11) is 0. The first kappa shape index (κ1) is 13.6. The van der Waals surface area contributed by atoms with Crippen molar-refractivity contribution < 1.29 is 4.79 Å². The highest BCUT2D eigenvalue weighted by atomic mass is 16.1. The molecule has 1 aliphatic carbocycles. The van der Waals surface area contributed by atoms with Gasteiger partial charge >= 0.3 is 0 Å². The van der Waals surface area contributed by atoms with E-state index in [1.54, 1.807) is 0 Å². The van der Waals surface area contributed by atoms with Crippen molar-refractivity contribution >= 4 is 5.91 Å². The Bertz CT molecular complexity index is 645. The van der Waals surface area contributed by atoms with E-state index in [0.717, 1.165) is 31.4 Å². The normalized spacial score (nSPS) is 17.0. The van der Waals surface area contributed by atoms with Crippen molar-refractivity contribution in [1.82, 2.24) is 15.1 Å². The number of fused-ring (bicyclic) bond motifs is 1. The zero-order chi connectivity index (χ0) is 14.7. The predicted molar refractivity (Wildman–Crippen MR) is 81.8 cm³/mol. The molecule has 1 aliphatic rings. The quantitative estimate of drug-likeness (QED) is 0.876. The second kappa shape index (κ2) is 5.95. The minimum absolute atomic E-state index is 0.0590. The molecule has 0 aliphatic heterocycles. The molecule has 1 amide bonds. The van der Waals surface area contributed by atoms with Crippen LogP contribution in [0, 0.1) is 0 Å². The van der Waals surface area contributed by atoms with Gasteiger partial charge in [-0.05, 0) is 30.9 Å². The molecule has 1 atom stereocenters. The topological polar surface area (TPSA) is 46.9 Å². The van der Waals surface area contributed by atoms with Gasteiger partial charge in [-0.3, -0.25) is 9.48 Å². The van der Waals surface area contributed by atoms with E-state index in [4.69, 9.17) is 0 Å². The van der Waals surface area contributed by atoms with Crippen molar-refractivity contribution in [2.24, 2.45) is 0 Å². The highest BCUT2D eigenvalue weighted by Gasteiger charge is 2.24. The fourth-order valence-electron chi connectivity index (χ4n) is 2.89. The lowest BCUT2D eigenvalue weighted by Gasteiger charge is -2.23. The molecule has 108 valence electrons. The van der Waals surface area contributed by atoms with Crippen molar-refractivity contribution in [2.45, 2.75) is 31.8 Å². The van der Waals surface area contributed by atoms with E-state index in [1.807, 2.05) is 24.4 Å². The Balaban J connectivity index is 1.83. The van der Waals surface area contributed by atoms with E-state index in [1.165, 1.54) is 17.3 Å². The highest BCUT2D eigenvalue weighted by Crippen LogP contribution is 2.29. The first-order chi connectivity index (χ1) is 10.3. The maximum atomic E-state index is 11.5. The molecule has 0 unspecified atom stereocenters. The zero-order valence-corrected chi connectivity index (χ0v) is 12.0. The first-order valence-corrected chi connectivity index (χ1v) is 7.29. The molecule has 21 heavy (non-hydrogen) atoms.